The lowest BCUT2D eigenvalue weighted by atomic mass is 10.1. The molecule has 22 heavy (non-hydrogen) atoms. The third kappa shape index (κ3) is 2.67. The van der Waals surface area contributed by atoms with Crippen LogP contribution >= 0.6 is 11.6 Å². The van der Waals surface area contributed by atoms with Crippen molar-refractivity contribution in [1.82, 2.24) is 15.5 Å². The fraction of sp³-hybridized carbons (Fsp3) is 0.286. The molecule has 1 aromatic carbocycles. The molecule has 8 heteroatoms. The second-order valence-electron chi connectivity index (χ2n) is 5.28. The molecule has 1 aliphatic carbocycles. The van der Waals surface area contributed by atoms with Gasteiger partial charge in [0.25, 0.3) is 5.91 Å². The van der Waals surface area contributed by atoms with Crippen molar-refractivity contribution in [1.29, 1.82) is 0 Å². The quantitative estimate of drug-likeness (QED) is 0.667. The van der Waals surface area contributed by atoms with Gasteiger partial charge in [-0.15, -0.1) is 0 Å². The number of hydrogen-bond donors (Lipinski definition) is 2. The van der Waals surface area contributed by atoms with Crippen LogP contribution in [0.2, 0.25) is 5.02 Å². The molecular weight excluding hydrogens is 308 g/mol. The van der Waals surface area contributed by atoms with Gasteiger partial charge in [-0.1, -0.05) is 23.7 Å². The Kier molecular flexibility index (Phi) is 3.58. The van der Waals surface area contributed by atoms with E-state index >= 15 is 0 Å². The van der Waals surface area contributed by atoms with Crippen LogP contribution in [0.15, 0.2) is 24.3 Å². The highest BCUT2D eigenvalue weighted by molar-refractivity contribution is 6.30. The van der Waals surface area contributed by atoms with Gasteiger partial charge in [-0.05, 0) is 31.0 Å². The van der Waals surface area contributed by atoms with Crippen LogP contribution in [-0.2, 0) is 0 Å². The molecule has 2 aromatic rings. The Balaban J connectivity index is 1.71. The number of halogens is 1. The summed E-state index contributed by atoms with van der Waals surface area (Å²) in [4.78, 5) is 22.5. The molecule has 1 heterocycles. The minimum Gasteiger partial charge on any atom is -0.347 e. The van der Waals surface area contributed by atoms with Gasteiger partial charge in [0.15, 0.2) is 0 Å². The van der Waals surface area contributed by atoms with Crippen molar-refractivity contribution in [3.05, 3.63) is 56.4 Å². The standard InChI is InChI=1S/C14H13ClN4O3/c1-7-13(19(21)22)12(18-17-7)14(20)16-11-6-10(11)8-3-2-4-9(15)5-8/h2-5,10-11H,6H2,1H3,(H,16,20)(H,17,18)/t10-,11-/m0/s1. The van der Waals surface area contributed by atoms with Crippen LogP contribution in [-0.4, -0.2) is 27.1 Å². The maximum absolute atomic E-state index is 12.2. The van der Waals surface area contributed by atoms with E-state index in [0.29, 0.717) is 5.02 Å². The molecule has 0 unspecified atom stereocenters. The summed E-state index contributed by atoms with van der Waals surface area (Å²) in [5.74, 6) is -0.354. The van der Waals surface area contributed by atoms with Crippen molar-refractivity contribution in [3.63, 3.8) is 0 Å². The number of nitro groups is 1. The molecule has 0 spiro atoms. The van der Waals surface area contributed by atoms with Crippen molar-refractivity contribution in [2.45, 2.75) is 25.3 Å². The number of nitrogens with zero attached hydrogens (tertiary/aromatic N) is 2. The molecule has 1 fully saturated rings. The third-order valence-corrected chi connectivity index (χ3v) is 3.93. The molecule has 0 radical (unpaired) electrons. The summed E-state index contributed by atoms with van der Waals surface area (Å²) >= 11 is 5.95. The zero-order valence-corrected chi connectivity index (χ0v) is 12.4. The van der Waals surface area contributed by atoms with Gasteiger partial charge in [-0.3, -0.25) is 20.0 Å². The topological polar surface area (TPSA) is 101 Å². The molecular formula is C14H13ClN4O3. The molecule has 0 aliphatic heterocycles. The van der Waals surface area contributed by atoms with Crippen LogP contribution in [0.1, 0.15) is 34.1 Å². The summed E-state index contributed by atoms with van der Waals surface area (Å²) in [6, 6.07) is 7.40. The van der Waals surface area contributed by atoms with Crippen LogP contribution in [0.25, 0.3) is 0 Å². The summed E-state index contributed by atoms with van der Waals surface area (Å²) in [6.07, 6.45) is 0.781. The zero-order valence-electron chi connectivity index (χ0n) is 11.7. The first-order valence-corrected chi connectivity index (χ1v) is 7.11. The lowest BCUT2D eigenvalue weighted by molar-refractivity contribution is -0.385. The van der Waals surface area contributed by atoms with Crippen molar-refractivity contribution in [3.8, 4) is 0 Å². The van der Waals surface area contributed by atoms with Gasteiger partial charge in [0.1, 0.15) is 5.69 Å². The Morgan fingerprint density at radius 2 is 2.32 bits per heavy atom. The van der Waals surface area contributed by atoms with Crippen molar-refractivity contribution < 1.29 is 9.72 Å². The normalized spacial score (nSPS) is 19.7. The Morgan fingerprint density at radius 3 is 3.00 bits per heavy atom. The second kappa shape index (κ2) is 5.42. The maximum atomic E-state index is 12.2. The van der Waals surface area contributed by atoms with E-state index in [1.165, 1.54) is 6.92 Å². The number of carbonyl (C=O) groups is 1. The first-order valence-electron chi connectivity index (χ1n) is 6.73. The van der Waals surface area contributed by atoms with Gasteiger partial charge in [-0.2, -0.15) is 5.10 Å². The van der Waals surface area contributed by atoms with Gasteiger partial charge in [0, 0.05) is 17.0 Å². The number of aryl methyl sites for hydroxylation is 1. The number of aromatic nitrogens is 2. The van der Waals surface area contributed by atoms with E-state index in [1.54, 1.807) is 6.07 Å². The van der Waals surface area contributed by atoms with Crippen LogP contribution in [0, 0.1) is 17.0 Å². The summed E-state index contributed by atoms with van der Waals surface area (Å²) in [5.41, 5.74) is 0.847. The lowest BCUT2D eigenvalue weighted by Crippen LogP contribution is -2.27. The number of benzene rings is 1. The van der Waals surface area contributed by atoms with Crippen molar-refractivity contribution >= 4 is 23.2 Å². The molecule has 1 saturated carbocycles. The van der Waals surface area contributed by atoms with Gasteiger partial charge >= 0.3 is 5.69 Å². The maximum Gasteiger partial charge on any atom is 0.322 e. The first kappa shape index (κ1) is 14.5. The molecule has 114 valence electrons. The molecule has 0 bridgehead atoms. The Morgan fingerprint density at radius 1 is 1.55 bits per heavy atom. The van der Waals surface area contributed by atoms with E-state index in [-0.39, 0.29) is 29.0 Å². The highest BCUT2D eigenvalue weighted by atomic mass is 35.5. The van der Waals surface area contributed by atoms with E-state index in [0.717, 1.165) is 12.0 Å². The van der Waals surface area contributed by atoms with Crippen LogP contribution in [0.5, 0.6) is 0 Å². The highest BCUT2D eigenvalue weighted by Crippen LogP contribution is 2.41. The molecule has 1 amide bonds. The monoisotopic (exact) mass is 320 g/mol. The average molecular weight is 321 g/mol. The summed E-state index contributed by atoms with van der Waals surface area (Å²) in [6.45, 7) is 1.51. The SMILES string of the molecule is Cc1[nH]nc(C(=O)N[C@H]2C[C@H]2c2cccc(Cl)c2)c1[N+](=O)[O-]. The molecule has 7 nitrogen and oxygen atoms in total. The lowest BCUT2D eigenvalue weighted by Gasteiger charge is -2.03. The average Bonchev–Trinajstić information content (AvgIpc) is 3.10. The largest absolute Gasteiger partial charge is 0.347 e. The van der Waals surface area contributed by atoms with E-state index in [1.807, 2.05) is 18.2 Å². The second-order valence-corrected chi connectivity index (χ2v) is 5.72. The van der Waals surface area contributed by atoms with Gasteiger partial charge in [0.05, 0.1) is 4.92 Å². The summed E-state index contributed by atoms with van der Waals surface area (Å²) in [5, 5.41) is 20.6. The molecule has 2 N–H and O–H groups in total. The first-order chi connectivity index (χ1) is 10.5. The van der Waals surface area contributed by atoms with Gasteiger partial charge in [-0.25, -0.2) is 0 Å². The molecule has 1 aromatic heterocycles. The van der Waals surface area contributed by atoms with Gasteiger partial charge < -0.3 is 5.32 Å². The highest BCUT2D eigenvalue weighted by Gasteiger charge is 2.41. The number of aromatic amines is 1. The van der Waals surface area contributed by atoms with E-state index in [2.05, 4.69) is 15.5 Å². The fourth-order valence-corrected chi connectivity index (χ4v) is 2.70. The molecule has 2 atom stereocenters. The summed E-state index contributed by atoms with van der Waals surface area (Å²) in [7, 11) is 0. The van der Waals surface area contributed by atoms with Crippen molar-refractivity contribution in [2.24, 2.45) is 0 Å². The van der Waals surface area contributed by atoms with Gasteiger partial charge in [0.2, 0.25) is 5.69 Å². The van der Waals surface area contributed by atoms with Crippen LogP contribution < -0.4 is 5.32 Å². The fourth-order valence-electron chi connectivity index (χ4n) is 2.50. The van der Waals surface area contributed by atoms with Crippen LogP contribution in [0.4, 0.5) is 5.69 Å². The van der Waals surface area contributed by atoms with Crippen LogP contribution in [0.3, 0.4) is 0 Å². The minimum absolute atomic E-state index is 0.0532. The number of amides is 1. The van der Waals surface area contributed by atoms with Crippen molar-refractivity contribution in [2.75, 3.05) is 0 Å². The minimum atomic E-state index is -0.602. The number of rotatable bonds is 4. The Hall–Kier alpha value is -2.41. The van der Waals surface area contributed by atoms with E-state index < -0.39 is 10.8 Å². The molecule has 3 rings (SSSR count). The summed E-state index contributed by atoms with van der Waals surface area (Å²) < 4.78 is 0. The Labute approximate surface area is 130 Å². The van der Waals surface area contributed by atoms with E-state index in [4.69, 9.17) is 11.6 Å². The number of carbonyl (C=O) groups excluding carboxylic acids is 1. The smallest absolute Gasteiger partial charge is 0.322 e. The number of hydrogen-bond acceptors (Lipinski definition) is 4. The number of nitrogens with one attached hydrogen (secondary N) is 2. The molecule has 0 saturated heterocycles. The number of H-pyrrole nitrogens is 1. The van der Waals surface area contributed by atoms with E-state index in [9.17, 15) is 14.9 Å². The Bertz CT molecular complexity index is 758. The predicted molar refractivity (Wildman–Crippen MR) is 80.0 cm³/mol. The third-order valence-electron chi connectivity index (χ3n) is 3.70. The predicted octanol–water partition coefficient (Wildman–Crippen LogP) is 2.57. The molecule has 1 aliphatic rings. The zero-order chi connectivity index (χ0) is 15.9.